The molecule has 8 heteroatoms. The summed E-state index contributed by atoms with van der Waals surface area (Å²) in [6.45, 7) is 1.83. The fraction of sp³-hybridized carbons (Fsp3) is 0.263. The number of carbonyl (C=O) groups is 1. The fourth-order valence-electron chi connectivity index (χ4n) is 2.60. The molecule has 0 bridgehead atoms. The predicted molar refractivity (Wildman–Crippen MR) is 101 cm³/mol. The maximum Gasteiger partial charge on any atom is 0.271 e. The maximum absolute atomic E-state index is 12.5. The van der Waals surface area contributed by atoms with Crippen molar-refractivity contribution in [2.24, 2.45) is 0 Å². The first-order valence-electron chi connectivity index (χ1n) is 8.23. The smallest absolute Gasteiger partial charge is 0.271 e. The monoisotopic (exact) mass is 388 g/mol. The van der Waals surface area contributed by atoms with Crippen molar-refractivity contribution in [3.05, 3.63) is 52.7 Å². The number of methoxy groups -OCH3 is 2. The Hall–Kier alpha value is -2.84. The average molecular weight is 388 g/mol. The van der Waals surface area contributed by atoms with Gasteiger partial charge in [-0.2, -0.15) is 0 Å². The van der Waals surface area contributed by atoms with E-state index in [9.17, 15) is 9.90 Å². The van der Waals surface area contributed by atoms with E-state index in [-0.39, 0.29) is 12.5 Å². The van der Waals surface area contributed by atoms with Crippen LogP contribution in [0.3, 0.4) is 0 Å². The van der Waals surface area contributed by atoms with Crippen LogP contribution in [0.25, 0.3) is 10.8 Å². The Kier molecular flexibility index (Phi) is 5.78. The van der Waals surface area contributed by atoms with Crippen LogP contribution in [0, 0.1) is 6.92 Å². The molecule has 2 N–H and O–H groups in total. The van der Waals surface area contributed by atoms with Crippen molar-refractivity contribution in [1.82, 2.24) is 10.3 Å². The Labute approximate surface area is 160 Å². The number of aliphatic hydroxyl groups is 1. The van der Waals surface area contributed by atoms with Crippen LogP contribution in [0.5, 0.6) is 11.5 Å². The van der Waals surface area contributed by atoms with Crippen molar-refractivity contribution in [3.63, 3.8) is 0 Å². The molecule has 0 aliphatic carbocycles. The van der Waals surface area contributed by atoms with Gasteiger partial charge in [0.25, 0.3) is 5.91 Å². The Morgan fingerprint density at radius 2 is 2.15 bits per heavy atom. The van der Waals surface area contributed by atoms with Crippen LogP contribution >= 0.6 is 11.3 Å². The number of hydrogen-bond acceptors (Lipinski definition) is 7. The van der Waals surface area contributed by atoms with E-state index in [1.165, 1.54) is 18.4 Å². The van der Waals surface area contributed by atoms with Gasteiger partial charge in [-0.25, -0.2) is 4.98 Å². The molecule has 3 rings (SSSR count). The lowest BCUT2D eigenvalue weighted by Crippen LogP contribution is -2.29. The highest BCUT2D eigenvalue weighted by Gasteiger charge is 2.20. The van der Waals surface area contributed by atoms with E-state index < -0.39 is 6.10 Å². The van der Waals surface area contributed by atoms with Gasteiger partial charge in [0, 0.05) is 17.0 Å². The van der Waals surface area contributed by atoms with Gasteiger partial charge in [-0.3, -0.25) is 4.79 Å². The van der Waals surface area contributed by atoms with Gasteiger partial charge in [-0.15, -0.1) is 11.3 Å². The highest BCUT2D eigenvalue weighted by molar-refractivity contribution is 7.15. The van der Waals surface area contributed by atoms with E-state index in [1.807, 2.05) is 6.92 Å². The molecular weight excluding hydrogens is 368 g/mol. The lowest BCUT2D eigenvalue weighted by atomic mass is 10.1. The third kappa shape index (κ3) is 4.12. The van der Waals surface area contributed by atoms with Crippen LogP contribution < -0.4 is 14.8 Å². The molecule has 1 amide bonds. The molecule has 0 aliphatic rings. The highest BCUT2D eigenvalue weighted by atomic mass is 32.1. The zero-order valence-electron chi connectivity index (χ0n) is 15.2. The lowest BCUT2D eigenvalue weighted by molar-refractivity contribution is 0.0910. The quantitative estimate of drug-likeness (QED) is 0.646. The summed E-state index contributed by atoms with van der Waals surface area (Å²) in [7, 11) is 3.06. The van der Waals surface area contributed by atoms with Crippen molar-refractivity contribution in [2.75, 3.05) is 20.8 Å². The third-order valence-corrected chi connectivity index (χ3v) is 4.98. The van der Waals surface area contributed by atoms with Gasteiger partial charge in [0.2, 0.25) is 0 Å². The SMILES string of the molecule is COc1ccc(OC)c(C(O)CNC(=O)c2nc(-c3ccco3)sc2C)c1. The van der Waals surface area contributed by atoms with E-state index in [0.29, 0.717) is 33.5 Å². The Bertz CT molecular complexity index is 920. The number of furan rings is 1. The van der Waals surface area contributed by atoms with E-state index in [2.05, 4.69) is 10.3 Å². The Morgan fingerprint density at radius 1 is 1.33 bits per heavy atom. The average Bonchev–Trinajstić information content (AvgIpc) is 3.34. The van der Waals surface area contributed by atoms with E-state index in [4.69, 9.17) is 13.9 Å². The normalized spacial score (nSPS) is 11.9. The summed E-state index contributed by atoms with van der Waals surface area (Å²) in [5, 5.41) is 13.8. The second-order valence-corrected chi connectivity index (χ2v) is 6.94. The number of ether oxygens (including phenoxy) is 2. The molecular formula is C19H20N2O5S. The van der Waals surface area contributed by atoms with Gasteiger partial charge in [-0.05, 0) is 37.3 Å². The molecule has 7 nitrogen and oxygen atoms in total. The largest absolute Gasteiger partial charge is 0.497 e. The summed E-state index contributed by atoms with van der Waals surface area (Å²) in [5.41, 5.74) is 0.847. The van der Waals surface area contributed by atoms with Gasteiger partial charge >= 0.3 is 0 Å². The molecule has 3 aromatic rings. The maximum atomic E-state index is 12.5. The van der Waals surface area contributed by atoms with Crippen LogP contribution in [-0.2, 0) is 0 Å². The van der Waals surface area contributed by atoms with Gasteiger partial charge in [-0.1, -0.05) is 0 Å². The summed E-state index contributed by atoms with van der Waals surface area (Å²) in [6, 6.07) is 8.68. The molecule has 0 saturated carbocycles. The Morgan fingerprint density at radius 3 is 2.81 bits per heavy atom. The second-order valence-electron chi connectivity index (χ2n) is 5.73. The van der Waals surface area contributed by atoms with Crippen molar-refractivity contribution in [3.8, 4) is 22.3 Å². The number of benzene rings is 1. The highest BCUT2D eigenvalue weighted by Crippen LogP contribution is 2.30. The molecule has 2 heterocycles. The summed E-state index contributed by atoms with van der Waals surface area (Å²) in [4.78, 5) is 17.6. The molecule has 0 radical (unpaired) electrons. The molecule has 0 spiro atoms. The fourth-order valence-corrected chi connectivity index (χ4v) is 3.47. The van der Waals surface area contributed by atoms with Crippen molar-refractivity contribution < 1.29 is 23.8 Å². The first-order valence-corrected chi connectivity index (χ1v) is 9.04. The number of nitrogens with zero attached hydrogens (tertiary/aromatic N) is 1. The van der Waals surface area contributed by atoms with Crippen molar-refractivity contribution in [1.29, 1.82) is 0 Å². The molecule has 2 aromatic heterocycles. The molecule has 1 unspecified atom stereocenters. The van der Waals surface area contributed by atoms with Crippen LogP contribution in [0.15, 0.2) is 41.0 Å². The molecule has 27 heavy (non-hydrogen) atoms. The predicted octanol–water partition coefficient (Wildman–Crippen LogP) is 3.19. The number of amides is 1. The second kappa shape index (κ2) is 8.24. The topological polar surface area (TPSA) is 93.8 Å². The number of thiazole rings is 1. The lowest BCUT2D eigenvalue weighted by Gasteiger charge is -2.16. The summed E-state index contributed by atoms with van der Waals surface area (Å²) in [6.07, 6.45) is 0.603. The number of aliphatic hydroxyl groups excluding tert-OH is 1. The number of hydrogen-bond donors (Lipinski definition) is 2. The molecule has 0 saturated heterocycles. The van der Waals surface area contributed by atoms with Crippen LogP contribution in [-0.4, -0.2) is 36.8 Å². The minimum Gasteiger partial charge on any atom is -0.497 e. The standard InChI is InChI=1S/C19H20N2O5S/c1-11-17(21-19(27-11)16-5-4-8-26-16)18(23)20-10-14(22)13-9-12(24-2)6-7-15(13)25-3/h4-9,14,22H,10H2,1-3H3,(H,20,23). The van der Waals surface area contributed by atoms with Gasteiger partial charge in [0.1, 0.15) is 23.3 Å². The van der Waals surface area contributed by atoms with Crippen LogP contribution in [0.4, 0.5) is 0 Å². The zero-order valence-corrected chi connectivity index (χ0v) is 16.0. The van der Waals surface area contributed by atoms with Gasteiger partial charge in [0.15, 0.2) is 10.8 Å². The minimum atomic E-state index is -0.956. The van der Waals surface area contributed by atoms with E-state index >= 15 is 0 Å². The molecule has 0 fully saturated rings. The zero-order chi connectivity index (χ0) is 19.4. The summed E-state index contributed by atoms with van der Waals surface area (Å²) < 4.78 is 15.8. The van der Waals surface area contributed by atoms with Crippen LogP contribution in [0.2, 0.25) is 0 Å². The third-order valence-electron chi connectivity index (χ3n) is 4.00. The number of carbonyl (C=O) groups excluding carboxylic acids is 1. The molecule has 0 aliphatic heterocycles. The van der Waals surface area contributed by atoms with E-state index in [0.717, 1.165) is 4.88 Å². The number of nitrogens with one attached hydrogen (secondary N) is 1. The molecule has 1 atom stereocenters. The van der Waals surface area contributed by atoms with Crippen molar-refractivity contribution in [2.45, 2.75) is 13.0 Å². The van der Waals surface area contributed by atoms with Gasteiger partial charge < -0.3 is 24.3 Å². The minimum absolute atomic E-state index is 0.00934. The summed E-state index contributed by atoms with van der Waals surface area (Å²) in [5.74, 6) is 1.36. The number of aromatic nitrogens is 1. The Balaban J connectivity index is 1.71. The number of aryl methyl sites for hydroxylation is 1. The van der Waals surface area contributed by atoms with Crippen molar-refractivity contribution >= 4 is 17.2 Å². The first kappa shape index (κ1) is 18.9. The van der Waals surface area contributed by atoms with Gasteiger partial charge in [0.05, 0.1) is 20.5 Å². The molecule has 1 aromatic carbocycles. The summed E-state index contributed by atoms with van der Waals surface area (Å²) >= 11 is 1.38. The molecule has 142 valence electrons. The first-order chi connectivity index (χ1) is 13.0. The van der Waals surface area contributed by atoms with Crippen LogP contribution in [0.1, 0.15) is 27.0 Å². The van der Waals surface area contributed by atoms with E-state index in [1.54, 1.807) is 43.7 Å². The number of rotatable bonds is 7.